The van der Waals surface area contributed by atoms with Crippen molar-refractivity contribution in [1.82, 2.24) is 9.97 Å². The largest absolute Gasteiger partial charge is 0.372 e. The lowest BCUT2D eigenvalue weighted by Crippen LogP contribution is -2.02. The Morgan fingerprint density at radius 1 is 1.17 bits per heavy atom. The molecule has 2 aromatic rings. The molecule has 18 heavy (non-hydrogen) atoms. The highest BCUT2D eigenvalue weighted by Gasteiger charge is 2.20. The second kappa shape index (κ2) is 5.04. The minimum absolute atomic E-state index is 0.0629. The molecule has 2 heterocycles. The van der Waals surface area contributed by atoms with Crippen LogP contribution in [0.2, 0.25) is 5.15 Å². The topological polar surface area (TPSA) is 35.0 Å². The van der Waals surface area contributed by atoms with Crippen LogP contribution >= 0.6 is 11.6 Å². The van der Waals surface area contributed by atoms with Gasteiger partial charge in [-0.05, 0) is 18.9 Å². The summed E-state index contributed by atoms with van der Waals surface area (Å²) >= 11 is 6.07. The molecule has 0 aliphatic carbocycles. The molecule has 0 unspecified atom stereocenters. The molecule has 1 atom stereocenters. The Balaban J connectivity index is 2.00. The van der Waals surface area contributed by atoms with E-state index in [0.29, 0.717) is 11.0 Å². The van der Waals surface area contributed by atoms with Gasteiger partial charge in [-0.1, -0.05) is 41.9 Å². The predicted molar refractivity (Wildman–Crippen MR) is 70.4 cm³/mol. The van der Waals surface area contributed by atoms with E-state index in [0.717, 1.165) is 30.7 Å². The Morgan fingerprint density at radius 3 is 2.72 bits per heavy atom. The van der Waals surface area contributed by atoms with Crippen LogP contribution in [0.3, 0.4) is 0 Å². The minimum Gasteiger partial charge on any atom is -0.372 e. The number of ether oxygens (including phenoxy) is 1. The average Bonchev–Trinajstić information content (AvgIpc) is 2.93. The van der Waals surface area contributed by atoms with Gasteiger partial charge in [0.05, 0.1) is 11.8 Å². The normalized spacial score (nSPS) is 19.1. The Bertz CT molecular complexity index is 539. The van der Waals surface area contributed by atoms with Gasteiger partial charge in [0, 0.05) is 12.2 Å². The Hall–Kier alpha value is -1.45. The highest BCUT2D eigenvalue weighted by atomic mass is 35.5. The first kappa shape index (κ1) is 11.6. The van der Waals surface area contributed by atoms with Crippen LogP contribution in [-0.4, -0.2) is 16.6 Å². The molecule has 1 aromatic heterocycles. The van der Waals surface area contributed by atoms with Gasteiger partial charge >= 0.3 is 0 Å². The fourth-order valence-electron chi connectivity index (χ4n) is 2.13. The zero-order chi connectivity index (χ0) is 12.4. The first-order valence-electron chi connectivity index (χ1n) is 6.04. The Morgan fingerprint density at radius 2 is 2.00 bits per heavy atom. The molecule has 0 amide bonds. The summed E-state index contributed by atoms with van der Waals surface area (Å²) in [5, 5.41) is 0.467. The molecule has 0 saturated carbocycles. The lowest BCUT2D eigenvalue weighted by Gasteiger charge is -2.10. The van der Waals surface area contributed by atoms with Crippen molar-refractivity contribution in [3.8, 4) is 11.4 Å². The summed E-state index contributed by atoms with van der Waals surface area (Å²) in [6, 6.07) is 11.6. The van der Waals surface area contributed by atoms with Crippen molar-refractivity contribution < 1.29 is 4.74 Å². The van der Waals surface area contributed by atoms with Crippen LogP contribution in [0, 0.1) is 0 Å². The monoisotopic (exact) mass is 260 g/mol. The van der Waals surface area contributed by atoms with E-state index in [-0.39, 0.29) is 6.10 Å². The van der Waals surface area contributed by atoms with Crippen molar-refractivity contribution in [2.75, 3.05) is 6.61 Å². The summed E-state index contributed by atoms with van der Waals surface area (Å²) < 4.78 is 5.64. The van der Waals surface area contributed by atoms with Crippen molar-refractivity contribution >= 4 is 11.6 Å². The van der Waals surface area contributed by atoms with E-state index >= 15 is 0 Å². The van der Waals surface area contributed by atoms with Gasteiger partial charge in [0.2, 0.25) is 0 Å². The van der Waals surface area contributed by atoms with E-state index in [4.69, 9.17) is 16.3 Å². The third-order valence-electron chi connectivity index (χ3n) is 3.01. The van der Waals surface area contributed by atoms with Crippen LogP contribution in [-0.2, 0) is 4.74 Å². The average molecular weight is 261 g/mol. The number of nitrogens with zero attached hydrogens (tertiary/aromatic N) is 2. The van der Waals surface area contributed by atoms with Gasteiger partial charge in [-0.25, -0.2) is 9.97 Å². The summed E-state index contributed by atoms with van der Waals surface area (Å²) in [7, 11) is 0. The lowest BCUT2D eigenvalue weighted by molar-refractivity contribution is 0.108. The number of rotatable bonds is 2. The molecule has 0 N–H and O–H groups in total. The third kappa shape index (κ3) is 2.37. The summed E-state index contributed by atoms with van der Waals surface area (Å²) in [6.45, 7) is 0.799. The molecule has 0 spiro atoms. The van der Waals surface area contributed by atoms with Gasteiger partial charge in [-0.3, -0.25) is 0 Å². The van der Waals surface area contributed by atoms with Crippen molar-refractivity contribution in [2.24, 2.45) is 0 Å². The molecule has 3 rings (SSSR count). The Labute approximate surface area is 111 Å². The molecule has 1 fully saturated rings. The smallest absolute Gasteiger partial charge is 0.161 e. The predicted octanol–water partition coefficient (Wildman–Crippen LogP) is 3.65. The zero-order valence-corrected chi connectivity index (χ0v) is 10.6. The molecular weight excluding hydrogens is 248 g/mol. The van der Waals surface area contributed by atoms with Crippen LogP contribution in [0.4, 0.5) is 0 Å². The van der Waals surface area contributed by atoms with E-state index in [1.807, 2.05) is 30.3 Å². The second-order valence-electron chi connectivity index (χ2n) is 4.31. The first-order chi connectivity index (χ1) is 8.83. The van der Waals surface area contributed by atoms with Crippen LogP contribution in [0.5, 0.6) is 0 Å². The van der Waals surface area contributed by atoms with Gasteiger partial charge < -0.3 is 4.74 Å². The fraction of sp³-hybridized carbons (Fsp3) is 0.286. The molecular formula is C14H13ClN2O. The van der Waals surface area contributed by atoms with E-state index in [9.17, 15) is 0 Å². The van der Waals surface area contributed by atoms with Crippen molar-refractivity contribution in [1.29, 1.82) is 0 Å². The quantitative estimate of drug-likeness (QED) is 0.773. The van der Waals surface area contributed by atoms with Crippen LogP contribution < -0.4 is 0 Å². The van der Waals surface area contributed by atoms with Crippen molar-refractivity contribution in [3.63, 3.8) is 0 Å². The maximum atomic E-state index is 6.07. The van der Waals surface area contributed by atoms with Gasteiger partial charge in [-0.15, -0.1) is 0 Å². The molecule has 1 saturated heterocycles. The van der Waals surface area contributed by atoms with Gasteiger partial charge in [0.25, 0.3) is 0 Å². The number of halogens is 1. The molecule has 3 nitrogen and oxygen atoms in total. The van der Waals surface area contributed by atoms with Crippen LogP contribution in [0.1, 0.15) is 24.6 Å². The number of benzene rings is 1. The summed E-state index contributed by atoms with van der Waals surface area (Å²) in [5.74, 6) is 0.661. The highest BCUT2D eigenvalue weighted by molar-refractivity contribution is 6.29. The molecule has 1 aliphatic rings. The molecule has 1 aliphatic heterocycles. The number of aromatic nitrogens is 2. The summed E-state index contributed by atoms with van der Waals surface area (Å²) in [5.41, 5.74) is 1.85. The van der Waals surface area contributed by atoms with E-state index in [2.05, 4.69) is 9.97 Å². The van der Waals surface area contributed by atoms with Crippen molar-refractivity contribution in [2.45, 2.75) is 18.9 Å². The first-order valence-corrected chi connectivity index (χ1v) is 6.42. The molecule has 1 aromatic carbocycles. The van der Waals surface area contributed by atoms with Crippen LogP contribution in [0.25, 0.3) is 11.4 Å². The second-order valence-corrected chi connectivity index (χ2v) is 4.69. The van der Waals surface area contributed by atoms with Crippen molar-refractivity contribution in [3.05, 3.63) is 47.2 Å². The lowest BCUT2D eigenvalue weighted by atomic mass is 10.1. The van der Waals surface area contributed by atoms with E-state index in [1.54, 1.807) is 6.07 Å². The third-order valence-corrected chi connectivity index (χ3v) is 3.20. The van der Waals surface area contributed by atoms with Crippen LogP contribution in [0.15, 0.2) is 36.4 Å². The molecule has 4 heteroatoms. The highest BCUT2D eigenvalue weighted by Crippen LogP contribution is 2.29. The molecule has 0 radical (unpaired) electrons. The van der Waals surface area contributed by atoms with Gasteiger partial charge in [-0.2, -0.15) is 0 Å². The van der Waals surface area contributed by atoms with Gasteiger partial charge in [0.15, 0.2) is 5.82 Å². The van der Waals surface area contributed by atoms with E-state index < -0.39 is 0 Å². The minimum atomic E-state index is 0.0629. The maximum absolute atomic E-state index is 6.07. The van der Waals surface area contributed by atoms with Gasteiger partial charge in [0.1, 0.15) is 5.15 Å². The van der Waals surface area contributed by atoms with E-state index in [1.165, 1.54) is 0 Å². The zero-order valence-electron chi connectivity index (χ0n) is 9.84. The molecule has 0 bridgehead atoms. The standard InChI is InChI=1S/C14H13ClN2O/c15-13-9-11(12-7-4-8-18-12)16-14(17-13)10-5-2-1-3-6-10/h1-3,5-6,9,12H,4,7-8H2/t12-/m0/s1. The summed E-state index contributed by atoms with van der Waals surface area (Å²) in [6.07, 6.45) is 2.14. The number of hydrogen-bond donors (Lipinski definition) is 0. The number of hydrogen-bond acceptors (Lipinski definition) is 3. The fourth-order valence-corrected chi connectivity index (χ4v) is 2.32. The maximum Gasteiger partial charge on any atom is 0.161 e. The molecule has 92 valence electrons. The Kier molecular flexibility index (Phi) is 3.26. The summed E-state index contributed by atoms with van der Waals surface area (Å²) in [4.78, 5) is 8.84. The SMILES string of the molecule is Clc1cc([C@@H]2CCCO2)nc(-c2ccccc2)n1.